The summed E-state index contributed by atoms with van der Waals surface area (Å²) in [6.45, 7) is 0.885. The Morgan fingerprint density at radius 2 is 2.13 bits per heavy atom. The zero-order valence-electron chi connectivity index (χ0n) is 8.86. The molecule has 15 heavy (non-hydrogen) atoms. The second-order valence-electron chi connectivity index (χ2n) is 3.16. The lowest BCUT2D eigenvalue weighted by Gasteiger charge is -2.06. The summed E-state index contributed by atoms with van der Waals surface area (Å²) in [5.41, 5.74) is 11.0. The molecule has 0 saturated heterocycles. The van der Waals surface area contributed by atoms with E-state index in [4.69, 9.17) is 11.5 Å². The minimum absolute atomic E-state index is 0.210. The average Bonchev–Trinajstić information content (AvgIpc) is 2.16. The molecule has 1 aromatic rings. The highest BCUT2D eigenvalue weighted by Gasteiger charge is 1.98. The van der Waals surface area contributed by atoms with Crippen LogP contribution in [0.1, 0.15) is 12.8 Å². The molecule has 0 aliphatic carbocycles. The van der Waals surface area contributed by atoms with Crippen molar-refractivity contribution in [1.29, 1.82) is 0 Å². The monoisotopic (exact) mass is 227 g/mol. The van der Waals surface area contributed by atoms with Gasteiger partial charge in [0.05, 0.1) is 0 Å². The van der Waals surface area contributed by atoms with E-state index in [0.717, 1.165) is 13.0 Å². The van der Waals surface area contributed by atoms with Crippen molar-refractivity contribution in [2.45, 2.75) is 12.8 Å². The van der Waals surface area contributed by atoms with Gasteiger partial charge < -0.3 is 16.8 Å². The molecule has 0 amide bonds. The number of rotatable bonds is 6. The smallest absolute Gasteiger partial charge is 0.223 e. The summed E-state index contributed by atoms with van der Waals surface area (Å²) >= 11 is 1.86. The first kappa shape index (κ1) is 11.9. The predicted molar refractivity (Wildman–Crippen MR) is 67.0 cm³/mol. The number of aromatic nitrogens is 2. The van der Waals surface area contributed by atoms with Crippen LogP contribution in [-0.2, 0) is 0 Å². The van der Waals surface area contributed by atoms with Crippen molar-refractivity contribution in [3.8, 4) is 0 Å². The Hall–Kier alpha value is -1.17. The summed E-state index contributed by atoms with van der Waals surface area (Å²) in [5, 5.41) is 3.16. The van der Waals surface area contributed by atoms with E-state index in [-0.39, 0.29) is 5.95 Å². The topological polar surface area (TPSA) is 89.8 Å². The second-order valence-corrected chi connectivity index (χ2v) is 4.15. The first-order valence-electron chi connectivity index (χ1n) is 4.85. The summed E-state index contributed by atoms with van der Waals surface area (Å²) in [7, 11) is 0. The molecule has 6 heteroatoms. The number of anilines is 3. The van der Waals surface area contributed by atoms with Gasteiger partial charge in [-0.25, -0.2) is 0 Å². The minimum atomic E-state index is 0.210. The van der Waals surface area contributed by atoms with Crippen molar-refractivity contribution in [2.75, 3.05) is 35.3 Å². The number of nitrogens with zero attached hydrogens (tertiary/aromatic N) is 2. The molecule has 0 fully saturated rings. The fourth-order valence-corrected chi connectivity index (χ4v) is 1.66. The van der Waals surface area contributed by atoms with E-state index in [2.05, 4.69) is 21.5 Å². The maximum atomic E-state index is 5.54. The molecule has 0 atom stereocenters. The molecule has 0 bridgehead atoms. The van der Waals surface area contributed by atoms with E-state index in [1.807, 2.05) is 11.8 Å². The lowest BCUT2D eigenvalue weighted by Crippen LogP contribution is -2.07. The van der Waals surface area contributed by atoms with Crippen LogP contribution in [0.15, 0.2) is 6.07 Å². The molecule has 0 saturated carbocycles. The van der Waals surface area contributed by atoms with E-state index >= 15 is 0 Å². The van der Waals surface area contributed by atoms with Crippen LogP contribution >= 0.6 is 11.8 Å². The molecule has 0 spiro atoms. The Kier molecular flexibility index (Phi) is 5.03. The third-order valence-corrected chi connectivity index (χ3v) is 2.54. The Morgan fingerprint density at radius 3 is 2.80 bits per heavy atom. The lowest BCUT2D eigenvalue weighted by atomic mass is 10.3. The molecule has 1 rings (SSSR count). The van der Waals surface area contributed by atoms with E-state index in [1.54, 1.807) is 6.07 Å². The highest BCUT2D eigenvalue weighted by atomic mass is 32.2. The maximum absolute atomic E-state index is 5.54. The number of thioether (sulfide) groups is 1. The standard InChI is InChI=1S/C9H17N5S/c1-15-5-3-2-4-12-8-6-7(10)13-9(11)14-8/h6H,2-5H2,1H3,(H5,10,11,12,13,14). The zero-order chi connectivity index (χ0) is 11.1. The van der Waals surface area contributed by atoms with Gasteiger partial charge in [0.25, 0.3) is 0 Å². The van der Waals surface area contributed by atoms with Crippen molar-refractivity contribution in [3.05, 3.63) is 6.07 Å². The summed E-state index contributed by atoms with van der Waals surface area (Å²) in [4.78, 5) is 7.82. The molecule has 1 aromatic heterocycles. The number of unbranched alkanes of at least 4 members (excludes halogenated alkanes) is 1. The highest BCUT2D eigenvalue weighted by Crippen LogP contribution is 2.09. The van der Waals surface area contributed by atoms with E-state index in [0.29, 0.717) is 11.6 Å². The largest absolute Gasteiger partial charge is 0.383 e. The maximum Gasteiger partial charge on any atom is 0.223 e. The van der Waals surface area contributed by atoms with Gasteiger partial charge >= 0.3 is 0 Å². The molecule has 84 valence electrons. The SMILES string of the molecule is CSCCCCNc1cc(N)nc(N)n1. The Bertz CT molecular complexity index is 284. The quantitative estimate of drug-likeness (QED) is 0.633. The average molecular weight is 227 g/mol. The summed E-state index contributed by atoms with van der Waals surface area (Å²) in [6, 6.07) is 1.69. The van der Waals surface area contributed by atoms with Crippen LogP contribution in [0.4, 0.5) is 17.6 Å². The zero-order valence-corrected chi connectivity index (χ0v) is 9.68. The normalized spacial score (nSPS) is 10.2. The minimum Gasteiger partial charge on any atom is -0.383 e. The third kappa shape index (κ3) is 4.73. The molecular weight excluding hydrogens is 210 g/mol. The molecule has 5 nitrogen and oxygen atoms in total. The predicted octanol–water partition coefficient (Wildman–Crippen LogP) is 1.20. The van der Waals surface area contributed by atoms with Crippen LogP contribution in [0.2, 0.25) is 0 Å². The fraction of sp³-hybridized carbons (Fsp3) is 0.556. The van der Waals surface area contributed by atoms with Gasteiger partial charge in [0, 0.05) is 12.6 Å². The number of nitrogen functional groups attached to an aromatic ring is 2. The number of nitrogens with two attached hydrogens (primary N) is 2. The number of hydrogen-bond donors (Lipinski definition) is 3. The van der Waals surface area contributed by atoms with Crippen LogP contribution in [0, 0.1) is 0 Å². The summed E-state index contributed by atoms with van der Waals surface area (Å²) in [6.07, 6.45) is 4.42. The van der Waals surface area contributed by atoms with Crippen molar-refractivity contribution in [1.82, 2.24) is 9.97 Å². The summed E-state index contributed by atoms with van der Waals surface area (Å²) < 4.78 is 0. The Labute approximate surface area is 94.0 Å². The Balaban J connectivity index is 2.31. The fourth-order valence-electron chi connectivity index (χ4n) is 1.16. The van der Waals surface area contributed by atoms with Gasteiger partial charge in [-0.15, -0.1) is 0 Å². The molecule has 0 aromatic carbocycles. The van der Waals surface area contributed by atoms with Gasteiger partial charge in [0.2, 0.25) is 5.95 Å². The Morgan fingerprint density at radius 1 is 1.33 bits per heavy atom. The van der Waals surface area contributed by atoms with E-state index in [9.17, 15) is 0 Å². The van der Waals surface area contributed by atoms with Gasteiger partial charge in [-0.1, -0.05) is 0 Å². The van der Waals surface area contributed by atoms with E-state index in [1.165, 1.54) is 12.2 Å². The van der Waals surface area contributed by atoms with Gasteiger partial charge in [0.15, 0.2) is 0 Å². The van der Waals surface area contributed by atoms with Gasteiger partial charge in [-0.2, -0.15) is 21.7 Å². The summed E-state index contributed by atoms with van der Waals surface area (Å²) in [5.74, 6) is 2.50. The molecule has 0 aliphatic rings. The molecule has 1 heterocycles. The molecule has 0 unspecified atom stereocenters. The molecule has 5 N–H and O–H groups in total. The van der Waals surface area contributed by atoms with Crippen LogP contribution in [0.3, 0.4) is 0 Å². The first-order chi connectivity index (χ1) is 7.22. The lowest BCUT2D eigenvalue weighted by molar-refractivity contribution is 0.839. The second kappa shape index (κ2) is 6.34. The molecule has 0 radical (unpaired) electrons. The van der Waals surface area contributed by atoms with Crippen LogP contribution in [-0.4, -0.2) is 28.5 Å². The van der Waals surface area contributed by atoms with Crippen LogP contribution in [0.5, 0.6) is 0 Å². The van der Waals surface area contributed by atoms with Crippen molar-refractivity contribution >= 4 is 29.3 Å². The highest BCUT2D eigenvalue weighted by molar-refractivity contribution is 7.98. The number of hydrogen-bond acceptors (Lipinski definition) is 6. The van der Waals surface area contributed by atoms with Crippen LogP contribution < -0.4 is 16.8 Å². The van der Waals surface area contributed by atoms with Crippen LogP contribution in [0.25, 0.3) is 0 Å². The van der Waals surface area contributed by atoms with Gasteiger partial charge in [-0.05, 0) is 24.9 Å². The molecular formula is C9H17N5S. The van der Waals surface area contributed by atoms with Crippen molar-refractivity contribution < 1.29 is 0 Å². The molecule has 0 aliphatic heterocycles. The van der Waals surface area contributed by atoms with Gasteiger partial charge in [0.1, 0.15) is 11.6 Å². The van der Waals surface area contributed by atoms with Crippen molar-refractivity contribution in [3.63, 3.8) is 0 Å². The van der Waals surface area contributed by atoms with Gasteiger partial charge in [-0.3, -0.25) is 0 Å². The van der Waals surface area contributed by atoms with Crippen molar-refractivity contribution in [2.24, 2.45) is 0 Å². The van der Waals surface area contributed by atoms with E-state index < -0.39 is 0 Å². The first-order valence-corrected chi connectivity index (χ1v) is 6.24. The third-order valence-electron chi connectivity index (χ3n) is 1.84. The number of nitrogens with one attached hydrogen (secondary N) is 1.